The second-order valence-corrected chi connectivity index (χ2v) is 8.09. The molecule has 1 atom stereocenters. The molecule has 0 aliphatic heterocycles. The molecule has 0 aromatic heterocycles. The number of carbonyl (C=O) groups excluding carboxylic acids is 1. The van der Waals surface area contributed by atoms with Crippen LogP contribution in [0.5, 0.6) is 0 Å². The molecule has 0 heterocycles. The third kappa shape index (κ3) is 10.1. The van der Waals surface area contributed by atoms with Crippen molar-refractivity contribution >= 4 is 5.97 Å². The van der Waals surface area contributed by atoms with E-state index in [0.717, 1.165) is 12.8 Å². The molecular formula is C18H34O2. The highest BCUT2D eigenvalue weighted by atomic mass is 16.5. The molecule has 0 spiro atoms. The van der Waals surface area contributed by atoms with Crippen LogP contribution in [0.3, 0.4) is 0 Å². The SMILES string of the molecule is CC(C)C(C)OC(=O)CCC(C)(C)C=CCC(C)(C)C. The molecule has 0 amide bonds. The van der Waals surface area contributed by atoms with Crippen LogP contribution < -0.4 is 0 Å². The van der Waals surface area contributed by atoms with Crippen LogP contribution in [0.25, 0.3) is 0 Å². The van der Waals surface area contributed by atoms with Gasteiger partial charge in [0.15, 0.2) is 0 Å². The van der Waals surface area contributed by atoms with E-state index < -0.39 is 0 Å². The number of rotatable bonds is 7. The molecule has 0 aliphatic rings. The van der Waals surface area contributed by atoms with Gasteiger partial charge in [-0.05, 0) is 36.5 Å². The molecule has 0 fully saturated rings. The van der Waals surface area contributed by atoms with Crippen molar-refractivity contribution in [2.24, 2.45) is 16.7 Å². The highest BCUT2D eigenvalue weighted by molar-refractivity contribution is 5.69. The molecule has 2 nitrogen and oxygen atoms in total. The van der Waals surface area contributed by atoms with Gasteiger partial charge in [-0.2, -0.15) is 0 Å². The number of carbonyl (C=O) groups is 1. The lowest BCUT2D eigenvalue weighted by atomic mass is 9.85. The summed E-state index contributed by atoms with van der Waals surface area (Å²) in [5.41, 5.74) is 0.365. The average molecular weight is 282 g/mol. The quantitative estimate of drug-likeness (QED) is 0.463. The topological polar surface area (TPSA) is 26.3 Å². The van der Waals surface area contributed by atoms with Gasteiger partial charge in [-0.25, -0.2) is 0 Å². The van der Waals surface area contributed by atoms with E-state index in [2.05, 4.69) is 60.6 Å². The van der Waals surface area contributed by atoms with E-state index in [-0.39, 0.29) is 17.5 Å². The minimum atomic E-state index is -0.0801. The number of allylic oxidation sites excluding steroid dienone is 2. The molecule has 0 aliphatic carbocycles. The zero-order valence-corrected chi connectivity index (χ0v) is 14.7. The highest BCUT2D eigenvalue weighted by Gasteiger charge is 2.19. The van der Waals surface area contributed by atoms with E-state index >= 15 is 0 Å². The Kier molecular flexibility index (Phi) is 7.54. The van der Waals surface area contributed by atoms with E-state index in [1.807, 2.05) is 6.92 Å². The van der Waals surface area contributed by atoms with Gasteiger partial charge in [0.05, 0.1) is 0 Å². The zero-order chi connectivity index (χ0) is 16.0. The molecule has 0 N–H and O–H groups in total. The molecule has 0 saturated carbocycles. The maximum Gasteiger partial charge on any atom is 0.306 e. The van der Waals surface area contributed by atoms with Gasteiger partial charge in [-0.1, -0.05) is 60.6 Å². The average Bonchev–Trinajstić information content (AvgIpc) is 2.24. The molecule has 0 rings (SSSR count). The Morgan fingerprint density at radius 1 is 1.10 bits per heavy atom. The Morgan fingerprint density at radius 3 is 2.10 bits per heavy atom. The van der Waals surface area contributed by atoms with E-state index in [1.54, 1.807) is 0 Å². The summed E-state index contributed by atoms with van der Waals surface area (Å²) in [5, 5.41) is 0. The number of esters is 1. The zero-order valence-electron chi connectivity index (χ0n) is 14.7. The van der Waals surface area contributed by atoms with E-state index in [1.165, 1.54) is 0 Å². The van der Waals surface area contributed by atoms with Crippen molar-refractivity contribution < 1.29 is 9.53 Å². The third-order valence-electron chi connectivity index (χ3n) is 3.53. The second kappa shape index (κ2) is 7.85. The largest absolute Gasteiger partial charge is 0.462 e. The first-order chi connectivity index (χ1) is 8.93. The molecule has 118 valence electrons. The van der Waals surface area contributed by atoms with Crippen molar-refractivity contribution in [3.05, 3.63) is 12.2 Å². The molecule has 0 aromatic carbocycles. The minimum absolute atomic E-state index is 0.00189. The standard InChI is InChI=1S/C18H34O2/c1-14(2)15(3)20-16(19)10-13-18(7,8)12-9-11-17(4,5)6/h9,12,14-15H,10-11,13H2,1-8H3. The fourth-order valence-corrected chi connectivity index (χ4v) is 1.64. The third-order valence-corrected chi connectivity index (χ3v) is 3.53. The highest BCUT2D eigenvalue weighted by Crippen LogP contribution is 2.27. The molecule has 20 heavy (non-hydrogen) atoms. The number of ether oxygens (including phenoxy) is 1. The summed E-state index contributed by atoms with van der Waals surface area (Å²) < 4.78 is 5.40. The summed E-state index contributed by atoms with van der Waals surface area (Å²) in [6.07, 6.45) is 6.86. The molecule has 0 aromatic rings. The summed E-state index contributed by atoms with van der Waals surface area (Å²) in [7, 11) is 0. The Bertz CT molecular complexity index is 319. The second-order valence-electron chi connectivity index (χ2n) is 8.09. The van der Waals surface area contributed by atoms with Gasteiger partial charge >= 0.3 is 5.97 Å². The first kappa shape index (κ1) is 19.2. The smallest absolute Gasteiger partial charge is 0.306 e. The summed E-state index contributed by atoms with van der Waals surface area (Å²) in [4.78, 5) is 11.8. The maximum absolute atomic E-state index is 11.8. The molecule has 0 radical (unpaired) electrons. The van der Waals surface area contributed by atoms with Gasteiger partial charge in [0.25, 0.3) is 0 Å². The van der Waals surface area contributed by atoms with Gasteiger partial charge < -0.3 is 4.74 Å². The predicted molar refractivity (Wildman–Crippen MR) is 86.6 cm³/mol. The van der Waals surface area contributed by atoms with Gasteiger partial charge in [0, 0.05) is 6.42 Å². The van der Waals surface area contributed by atoms with Crippen LogP contribution >= 0.6 is 0 Å². The van der Waals surface area contributed by atoms with Crippen LogP contribution in [-0.2, 0) is 9.53 Å². The Morgan fingerprint density at radius 2 is 1.65 bits per heavy atom. The van der Waals surface area contributed by atoms with Crippen molar-refractivity contribution in [1.82, 2.24) is 0 Å². The van der Waals surface area contributed by atoms with E-state index in [0.29, 0.717) is 17.8 Å². The van der Waals surface area contributed by atoms with Crippen LogP contribution in [0.1, 0.15) is 74.7 Å². The van der Waals surface area contributed by atoms with Crippen LogP contribution in [0.4, 0.5) is 0 Å². The fourth-order valence-electron chi connectivity index (χ4n) is 1.64. The lowest BCUT2D eigenvalue weighted by Crippen LogP contribution is -2.21. The fraction of sp³-hybridized carbons (Fsp3) is 0.833. The lowest BCUT2D eigenvalue weighted by Gasteiger charge is -2.22. The monoisotopic (exact) mass is 282 g/mol. The van der Waals surface area contributed by atoms with Crippen LogP contribution in [0.2, 0.25) is 0 Å². The summed E-state index contributed by atoms with van der Waals surface area (Å²) >= 11 is 0. The molecule has 0 bridgehead atoms. The predicted octanol–water partition coefficient (Wildman–Crippen LogP) is 5.37. The minimum Gasteiger partial charge on any atom is -0.462 e. The van der Waals surface area contributed by atoms with Gasteiger partial charge in [-0.3, -0.25) is 4.79 Å². The van der Waals surface area contributed by atoms with Gasteiger partial charge in [0.2, 0.25) is 0 Å². The molecule has 2 heteroatoms. The van der Waals surface area contributed by atoms with Gasteiger partial charge in [-0.15, -0.1) is 0 Å². The lowest BCUT2D eigenvalue weighted by molar-refractivity contribution is -0.150. The van der Waals surface area contributed by atoms with Crippen LogP contribution in [0.15, 0.2) is 12.2 Å². The Hall–Kier alpha value is -0.790. The van der Waals surface area contributed by atoms with Crippen molar-refractivity contribution in [1.29, 1.82) is 0 Å². The number of hydrogen-bond acceptors (Lipinski definition) is 2. The normalized spacial score (nSPS) is 14.8. The summed E-state index contributed by atoms with van der Waals surface area (Å²) in [6.45, 7) is 17.1. The van der Waals surface area contributed by atoms with Crippen LogP contribution in [-0.4, -0.2) is 12.1 Å². The van der Waals surface area contributed by atoms with Crippen LogP contribution in [0, 0.1) is 16.7 Å². The van der Waals surface area contributed by atoms with E-state index in [4.69, 9.17) is 4.74 Å². The molecular weight excluding hydrogens is 248 g/mol. The number of hydrogen-bond donors (Lipinski definition) is 0. The Labute approximate surface area is 126 Å². The van der Waals surface area contributed by atoms with Gasteiger partial charge in [0.1, 0.15) is 6.10 Å². The van der Waals surface area contributed by atoms with Crippen molar-refractivity contribution in [3.63, 3.8) is 0 Å². The van der Waals surface area contributed by atoms with E-state index in [9.17, 15) is 4.79 Å². The van der Waals surface area contributed by atoms with Crippen molar-refractivity contribution in [2.75, 3.05) is 0 Å². The maximum atomic E-state index is 11.8. The Balaban J connectivity index is 4.18. The summed E-state index contributed by atoms with van der Waals surface area (Å²) in [6, 6.07) is 0. The molecule has 1 unspecified atom stereocenters. The molecule has 0 saturated heterocycles. The van der Waals surface area contributed by atoms with Crippen molar-refractivity contribution in [2.45, 2.75) is 80.8 Å². The van der Waals surface area contributed by atoms with Crippen molar-refractivity contribution in [3.8, 4) is 0 Å². The first-order valence-electron chi connectivity index (χ1n) is 7.80. The summed E-state index contributed by atoms with van der Waals surface area (Å²) in [5.74, 6) is 0.294. The first-order valence-corrected chi connectivity index (χ1v) is 7.80.